The van der Waals surface area contributed by atoms with E-state index in [2.05, 4.69) is 9.97 Å². The van der Waals surface area contributed by atoms with Crippen LogP contribution in [0.3, 0.4) is 0 Å². The smallest absolute Gasteiger partial charge is 0.433 e. The predicted molar refractivity (Wildman–Crippen MR) is 77.7 cm³/mol. The normalized spacial score (nSPS) is 11.5. The van der Waals surface area contributed by atoms with Gasteiger partial charge in [-0.25, -0.2) is 9.97 Å². The van der Waals surface area contributed by atoms with E-state index in [0.717, 1.165) is 29.8 Å². The Labute approximate surface area is 134 Å². The highest BCUT2D eigenvalue weighted by Crippen LogP contribution is 2.28. The summed E-state index contributed by atoms with van der Waals surface area (Å²) in [6.07, 6.45) is -3.51. The molecule has 1 amide bonds. The number of thioether (sulfide) groups is 1. The molecular weight excluding hydrogens is 331 g/mol. The molecule has 0 aliphatic rings. The first-order valence-corrected chi connectivity index (χ1v) is 7.56. The molecule has 0 saturated carbocycles. The lowest BCUT2D eigenvalue weighted by molar-refractivity contribution is -0.141. The fraction of sp³-hybridized carbons (Fsp3) is 0.357. The summed E-state index contributed by atoms with van der Waals surface area (Å²) in [5, 5.41) is -0.0876. The van der Waals surface area contributed by atoms with Gasteiger partial charge in [0.05, 0.1) is 12.3 Å². The van der Waals surface area contributed by atoms with Crippen LogP contribution < -0.4 is 0 Å². The van der Waals surface area contributed by atoms with Gasteiger partial charge in [0.25, 0.3) is 0 Å². The molecule has 23 heavy (non-hydrogen) atoms. The van der Waals surface area contributed by atoms with Crippen molar-refractivity contribution in [3.8, 4) is 0 Å². The van der Waals surface area contributed by atoms with Crippen LogP contribution >= 0.6 is 11.8 Å². The first kappa shape index (κ1) is 17.3. The highest BCUT2D eigenvalue weighted by molar-refractivity contribution is 7.99. The van der Waals surface area contributed by atoms with Crippen molar-refractivity contribution in [3.63, 3.8) is 0 Å². The van der Waals surface area contributed by atoms with Crippen molar-refractivity contribution in [2.45, 2.75) is 24.8 Å². The summed E-state index contributed by atoms with van der Waals surface area (Å²) < 4.78 is 43.0. The maximum absolute atomic E-state index is 12.6. The highest BCUT2D eigenvalue weighted by atomic mass is 32.2. The van der Waals surface area contributed by atoms with Crippen LogP contribution in [0.5, 0.6) is 0 Å². The first-order chi connectivity index (χ1) is 10.8. The van der Waals surface area contributed by atoms with E-state index < -0.39 is 11.9 Å². The van der Waals surface area contributed by atoms with Gasteiger partial charge in [-0.1, -0.05) is 11.8 Å². The minimum Gasteiger partial charge on any atom is -0.464 e. The predicted octanol–water partition coefficient (Wildman–Crippen LogP) is 3.15. The zero-order valence-electron chi connectivity index (χ0n) is 12.4. The highest BCUT2D eigenvalue weighted by Gasteiger charge is 2.32. The number of carbonyl (C=O) groups is 1. The van der Waals surface area contributed by atoms with Crippen molar-refractivity contribution in [1.82, 2.24) is 14.9 Å². The Morgan fingerprint density at radius 2 is 2.09 bits per heavy atom. The molecule has 0 aromatic carbocycles. The summed E-state index contributed by atoms with van der Waals surface area (Å²) in [5.74, 6) is 1.06. The van der Waals surface area contributed by atoms with Crippen molar-refractivity contribution < 1.29 is 22.4 Å². The van der Waals surface area contributed by atoms with Crippen LogP contribution in [0.15, 0.2) is 34.0 Å². The molecule has 9 heteroatoms. The Bertz CT molecular complexity index is 688. The van der Waals surface area contributed by atoms with Crippen LogP contribution in [0.25, 0.3) is 0 Å². The Hall–Kier alpha value is -2.03. The number of amides is 1. The molecule has 0 fully saturated rings. The van der Waals surface area contributed by atoms with Crippen LogP contribution in [-0.2, 0) is 17.5 Å². The summed E-state index contributed by atoms with van der Waals surface area (Å²) >= 11 is 0.859. The monoisotopic (exact) mass is 345 g/mol. The van der Waals surface area contributed by atoms with Gasteiger partial charge >= 0.3 is 6.18 Å². The number of halogens is 3. The van der Waals surface area contributed by atoms with Crippen molar-refractivity contribution in [2.75, 3.05) is 12.8 Å². The van der Waals surface area contributed by atoms with Gasteiger partial charge < -0.3 is 9.32 Å². The van der Waals surface area contributed by atoms with Crippen molar-refractivity contribution in [1.29, 1.82) is 0 Å². The fourth-order valence-electron chi connectivity index (χ4n) is 1.70. The van der Waals surface area contributed by atoms with Gasteiger partial charge in [0.2, 0.25) is 5.91 Å². The minimum atomic E-state index is -4.53. The lowest BCUT2D eigenvalue weighted by atomic mass is 10.4. The van der Waals surface area contributed by atoms with Crippen molar-refractivity contribution in [3.05, 3.63) is 41.6 Å². The van der Waals surface area contributed by atoms with Gasteiger partial charge in [0.1, 0.15) is 17.2 Å². The van der Waals surface area contributed by atoms with Crippen LogP contribution in [0.2, 0.25) is 0 Å². The van der Waals surface area contributed by atoms with Crippen molar-refractivity contribution >= 4 is 17.7 Å². The average molecular weight is 345 g/mol. The molecule has 2 rings (SSSR count). The van der Waals surface area contributed by atoms with E-state index in [9.17, 15) is 18.0 Å². The summed E-state index contributed by atoms with van der Waals surface area (Å²) in [4.78, 5) is 20.6. The van der Waals surface area contributed by atoms with Gasteiger partial charge in [-0.15, -0.1) is 0 Å². The first-order valence-electron chi connectivity index (χ1n) is 6.58. The second-order valence-corrected chi connectivity index (χ2v) is 5.72. The second kappa shape index (κ2) is 7.03. The molecule has 124 valence electrons. The number of carbonyl (C=O) groups excluding carboxylic acids is 1. The Morgan fingerprint density at radius 3 is 2.70 bits per heavy atom. The SMILES string of the molecule is Cc1ccc(CN(C)C(=O)CSc2nccc(C(F)(F)F)n2)o1. The maximum atomic E-state index is 12.6. The number of nitrogens with zero attached hydrogens (tertiary/aromatic N) is 3. The minimum absolute atomic E-state index is 0.0580. The average Bonchev–Trinajstić information content (AvgIpc) is 2.89. The third kappa shape index (κ3) is 4.98. The molecular formula is C14H14F3N3O2S. The number of hydrogen-bond acceptors (Lipinski definition) is 5. The summed E-state index contributed by atoms with van der Waals surface area (Å²) in [5.41, 5.74) is -1.03. The topological polar surface area (TPSA) is 59.2 Å². The molecule has 2 aromatic rings. The Kier molecular flexibility index (Phi) is 5.30. The van der Waals surface area contributed by atoms with E-state index in [1.807, 2.05) is 0 Å². The zero-order chi connectivity index (χ0) is 17.0. The van der Waals surface area contributed by atoms with Gasteiger partial charge in [0.15, 0.2) is 5.16 Å². The summed E-state index contributed by atoms with van der Waals surface area (Å²) in [6.45, 7) is 2.09. The molecule has 0 atom stereocenters. The molecule has 5 nitrogen and oxygen atoms in total. The second-order valence-electron chi connectivity index (χ2n) is 4.77. The van der Waals surface area contributed by atoms with Gasteiger partial charge in [-0.3, -0.25) is 4.79 Å². The van der Waals surface area contributed by atoms with Crippen LogP contribution in [0.1, 0.15) is 17.2 Å². The van der Waals surface area contributed by atoms with Crippen molar-refractivity contribution in [2.24, 2.45) is 0 Å². The molecule has 0 aliphatic carbocycles. The Morgan fingerprint density at radius 1 is 1.35 bits per heavy atom. The third-order valence-electron chi connectivity index (χ3n) is 2.86. The quantitative estimate of drug-likeness (QED) is 0.615. The molecule has 2 aromatic heterocycles. The summed E-state index contributed by atoms with van der Waals surface area (Å²) in [6, 6.07) is 4.35. The molecule has 0 bridgehead atoms. The van der Waals surface area contributed by atoms with E-state index in [0.29, 0.717) is 5.76 Å². The van der Waals surface area contributed by atoms with E-state index in [1.165, 1.54) is 4.90 Å². The standard InChI is InChI=1S/C14H14F3N3O2S/c1-9-3-4-10(22-9)7-20(2)12(21)8-23-13-18-6-5-11(19-13)14(15,16)17/h3-6H,7-8H2,1-2H3. The molecule has 0 N–H and O–H groups in total. The number of alkyl halides is 3. The number of furan rings is 1. The molecule has 0 radical (unpaired) electrons. The number of aromatic nitrogens is 2. The molecule has 0 saturated heterocycles. The lowest BCUT2D eigenvalue weighted by Gasteiger charge is -2.15. The van der Waals surface area contributed by atoms with E-state index in [1.54, 1.807) is 26.1 Å². The number of aryl methyl sites for hydroxylation is 1. The molecule has 2 heterocycles. The zero-order valence-corrected chi connectivity index (χ0v) is 13.2. The van der Waals surface area contributed by atoms with Gasteiger partial charge in [-0.05, 0) is 25.1 Å². The van der Waals surface area contributed by atoms with E-state index in [4.69, 9.17) is 4.42 Å². The molecule has 0 aliphatic heterocycles. The maximum Gasteiger partial charge on any atom is 0.433 e. The van der Waals surface area contributed by atoms with Crippen LogP contribution in [0.4, 0.5) is 13.2 Å². The molecule has 0 spiro atoms. The number of rotatable bonds is 5. The van der Waals surface area contributed by atoms with Gasteiger partial charge in [-0.2, -0.15) is 13.2 Å². The third-order valence-corrected chi connectivity index (χ3v) is 3.71. The lowest BCUT2D eigenvalue weighted by Crippen LogP contribution is -2.27. The van der Waals surface area contributed by atoms with Crippen LogP contribution in [-0.4, -0.2) is 33.6 Å². The fourth-order valence-corrected chi connectivity index (χ4v) is 2.47. The van der Waals surface area contributed by atoms with E-state index >= 15 is 0 Å². The van der Waals surface area contributed by atoms with Crippen LogP contribution in [0, 0.1) is 6.92 Å². The largest absolute Gasteiger partial charge is 0.464 e. The Balaban J connectivity index is 1.91. The van der Waals surface area contributed by atoms with Gasteiger partial charge in [0, 0.05) is 13.2 Å². The number of hydrogen-bond donors (Lipinski definition) is 0. The summed E-state index contributed by atoms with van der Waals surface area (Å²) in [7, 11) is 1.59. The van der Waals surface area contributed by atoms with E-state index in [-0.39, 0.29) is 23.4 Å². The molecule has 0 unspecified atom stereocenters.